The molecule has 0 aliphatic rings. The molecule has 0 saturated carbocycles. The second kappa shape index (κ2) is 9.45. The highest BCUT2D eigenvalue weighted by atomic mass is 32.2. The average Bonchev–Trinajstić information content (AvgIpc) is 3.20. The number of anilines is 1. The molecule has 0 bridgehead atoms. The monoisotopic (exact) mass is 459 g/mol. The summed E-state index contributed by atoms with van der Waals surface area (Å²) in [5.74, 6) is -1.81. The van der Waals surface area contributed by atoms with Crippen LogP contribution in [0.2, 0.25) is 0 Å². The molecular weight excluding hydrogens is 440 g/mol. The summed E-state index contributed by atoms with van der Waals surface area (Å²) < 4.78 is 35.2. The Morgan fingerprint density at radius 2 is 2.00 bits per heavy atom. The Balaban J connectivity index is 1.63. The number of hydrogen-bond acceptors (Lipinski definition) is 6. The Bertz CT molecular complexity index is 1350. The summed E-state index contributed by atoms with van der Waals surface area (Å²) in [5.41, 5.74) is 0.325. The predicted molar refractivity (Wildman–Crippen MR) is 117 cm³/mol. The molecule has 0 radical (unpaired) electrons. The molecule has 32 heavy (non-hydrogen) atoms. The summed E-state index contributed by atoms with van der Waals surface area (Å²) in [7, 11) is 1.59. The van der Waals surface area contributed by atoms with E-state index in [0.717, 1.165) is 23.9 Å². The summed E-state index contributed by atoms with van der Waals surface area (Å²) in [4.78, 5) is 25.3. The predicted octanol–water partition coefficient (Wildman–Crippen LogP) is 3.09. The first-order chi connectivity index (χ1) is 15.5. The average molecular weight is 459 g/mol. The van der Waals surface area contributed by atoms with Gasteiger partial charge in [-0.25, -0.2) is 8.78 Å². The van der Waals surface area contributed by atoms with Gasteiger partial charge in [0.15, 0.2) is 5.16 Å². The molecular formula is C21H19F2N5O3S. The van der Waals surface area contributed by atoms with Gasteiger partial charge in [0.2, 0.25) is 11.7 Å². The molecule has 0 unspecified atom stereocenters. The lowest BCUT2D eigenvalue weighted by molar-refractivity contribution is -0.113. The Morgan fingerprint density at radius 1 is 1.19 bits per heavy atom. The maximum absolute atomic E-state index is 13.8. The van der Waals surface area contributed by atoms with E-state index in [4.69, 9.17) is 4.74 Å². The summed E-state index contributed by atoms with van der Waals surface area (Å²) >= 11 is 1.09. The van der Waals surface area contributed by atoms with Crippen LogP contribution in [0, 0.1) is 11.6 Å². The molecule has 2 aromatic heterocycles. The van der Waals surface area contributed by atoms with Crippen LogP contribution in [0.15, 0.2) is 52.4 Å². The van der Waals surface area contributed by atoms with Gasteiger partial charge in [-0.2, -0.15) is 0 Å². The highest BCUT2D eigenvalue weighted by Gasteiger charge is 2.18. The van der Waals surface area contributed by atoms with Crippen LogP contribution < -0.4 is 10.9 Å². The molecule has 4 aromatic rings. The van der Waals surface area contributed by atoms with Gasteiger partial charge >= 0.3 is 0 Å². The van der Waals surface area contributed by atoms with Crippen molar-refractivity contribution >= 4 is 40.0 Å². The SMILES string of the molecule is COCCCn1c(=O)c2ccccc2n2c(SCC(=O)Nc3ccc(F)cc3F)nnc12. The third-order valence-electron chi connectivity index (χ3n) is 4.75. The van der Waals surface area contributed by atoms with Gasteiger partial charge in [-0.3, -0.25) is 18.6 Å². The van der Waals surface area contributed by atoms with Gasteiger partial charge in [-0.05, 0) is 30.7 Å². The zero-order valence-corrected chi connectivity index (χ0v) is 17.9. The van der Waals surface area contributed by atoms with Crippen LogP contribution in [0.25, 0.3) is 16.7 Å². The second-order valence-corrected chi connectivity index (χ2v) is 7.84. The largest absolute Gasteiger partial charge is 0.385 e. The standard InChI is InChI=1S/C21H19F2N5O3S/c1-31-10-4-9-27-19(30)14-5-2-3-6-17(14)28-20(27)25-26-21(28)32-12-18(29)24-16-8-7-13(22)11-15(16)23/h2-3,5-8,11H,4,9-10,12H2,1H3,(H,24,29). The van der Waals surface area contributed by atoms with Gasteiger partial charge in [0.05, 0.1) is 22.3 Å². The van der Waals surface area contributed by atoms with E-state index >= 15 is 0 Å². The first-order valence-electron chi connectivity index (χ1n) is 9.73. The number of amides is 1. The van der Waals surface area contributed by atoms with Crippen LogP contribution >= 0.6 is 11.8 Å². The molecule has 0 fully saturated rings. The van der Waals surface area contributed by atoms with Crippen molar-refractivity contribution in [1.29, 1.82) is 0 Å². The summed E-state index contributed by atoms with van der Waals surface area (Å²) in [6.45, 7) is 0.884. The Hall–Kier alpha value is -3.31. The molecule has 0 aliphatic heterocycles. The van der Waals surface area contributed by atoms with Crippen LogP contribution in [-0.2, 0) is 16.1 Å². The molecule has 11 heteroatoms. The number of thioether (sulfide) groups is 1. The third kappa shape index (κ3) is 4.34. The van der Waals surface area contributed by atoms with E-state index in [-0.39, 0.29) is 17.0 Å². The number of benzene rings is 2. The molecule has 0 spiro atoms. The van der Waals surface area contributed by atoms with Gasteiger partial charge in [-0.15, -0.1) is 10.2 Å². The maximum Gasteiger partial charge on any atom is 0.262 e. The Labute approximate surface area is 185 Å². The molecule has 1 amide bonds. The molecule has 166 valence electrons. The smallest absolute Gasteiger partial charge is 0.262 e. The quantitative estimate of drug-likeness (QED) is 0.322. The van der Waals surface area contributed by atoms with Gasteiger partial charge in [0.25, 0.3) is 5.56 Å². The van der Waals surface area contributed by atoms with Crippen molar-refractivity contribution in [1.82, 2.24) is 19.2 Å². The molecule has 0 aliphatic carbocycles. The van der Waals surface area contributed by atoms with Crippen molar-refractivity contribution in [2.75, 3.05) is 24.8 Å². The number of aryl methyl sites for hydroxylation is 1. The number of nitrogens with one attached hydrogen (secondary N) is 1. The Morgan fingerprint density at radius 3 is 2.78 bits per heavy atom. The van der Waals surface area contributed by atoms with Crippen LogP contribution in [0.5, 0.6) is 0 Å². The topological polar surface area (TPSA) is 90.5 Å². The highest BCUT2D eigenvalue weighted by molar-refractivity contribution is 7.99. The molecule has 8 nitrogen and oxygen atoms in total. The lowest BCUT2D eigenvalue weighted by Gasteiger charge is -2.11. The van der Waals surface area contributed by atoms with Crippen LogP contribution in [0.1, 0.15) is 6.42 Å². The molecule has 0 saturated heterocycles. The minimum atomic E-state index is -0.859. The Kier molecular flexibility index (Phi) is 6.47. The molecule has 1 N–H and O–H groups in total. The van der Waals surface area contributed by atoms with Gasteiger partial charge in [0.1, 0.15) is 11.6 Å². The van der Waals surface area contributed by atoms with E-state index < -0.39 is 17.5 Å². The number of nitrogens with zero attached hydrogens (tertiary/aromatic N) is 4. The third-order valence-corrected chi connectivity index (χ3v) is 5.67. The van der Waals surface area contributed by atoms with Gasteiger partial charge < -0.3 is 10.1 Å². The number of rotatable bonds is 8. The number of para-hydroxylation sites is 1. The molecule has 4 rings (SSSR count). The van der Waals surface area contributed by atoms with Crippen molar-refractivity contribution in [2.24, 2.45) is 0 Å². The zero-order valence-electron chi connectivity index (χ0n) is 17.0. The maximum atomic E-state index is 13.8. The summed E-state index contributed by atoms with van der Waals surface area (Å²) in [6, 6.07) is 10.0. The molecule has 2 heterocycles. The first kappa shape index (κ1) is 21.9. The van der Waals surface area contributed by atoms with E-state index in [1.807, 2.05) is 0 Å². The number of carbonyl (C=O) groups is 1. The fourth-order valence-electron chi connectivity index (χ4n) is 3.30. The summed E-state index contributed by atoms with van der Waals surface area (Å²) in [6.07, 6.45) is 0.616. The second-order valence-electron chi connectivity index (χ2n) is 6.90. The van der Waals surface area contributed by atoms with Crippen LogP contribution in [0.4, 0.5) is 14.5 Å². The van der Waals surface area contributed by atoms with E-state index in [1.165, 1.54) is 4.57 Å². The fraction of sp³-hybridized carbons (Fsp3) is 0.238. The zero-order chi connectivity index (χ0) is 22.7. The lowest BCUT2D eigenvalue weighted by Crippen LogP contribution is -2.24. The number of methoxy groups -OCH3 is 1. The van der Waals surface area contributed by atoms with E-state index in [9.17, 15) is 18.4 Å². The first-order valence-corrected chi connectivity index (χ1v) is 10.7. The van der Waals surface area contributed by atoms with Crippen molar-refractivity contribution in [3.63, 3.8) is 0 Å². The van der Waals surface area contributed by atoms with E-state index in [0.29, 0.717) is 47.5 Å². The molecule has 2 aromatic carbocycles. The van der Waals surface area contributed by atoms with Gasteiger partial charge in [0, 0.05) is 26.3 Å². The molecule has 0 atom stereocenters. The highest BCUT2D eigenvalue weighted by Crippen LogP contribution is 2.22. The van der Waals surface area contributed by atoms with Crippen molar-refractivity contribution < 1.29 is 18.3 Å². The lowest BCUT2D eigenvalue weighted by atomic mass is 10.2. The van der Waals surface area contributed by atoms with E-state index in [2.05, 4.69) is 15.5 Å². The number of aromatic nitrogens is 4. The van der Waals surface area contributed by atoms with Crippen LogP contribution in [0.3, 0.4) is 0 Å². The fourth-order valence-corrected chi connectivity index (χ4v) is 4.04. The number of halogens is 2. The minimum absolute atomic E-state index is 0.0886. The number of fused-ring (bicyclic) bond motifs is 3. The summed E-state index contributed by atoms with van der Waals surface area (Å²) in [5, 5.41) is 11.7. The van der Waals surface area contributed by atoms with Gasteiger partial charge in [-0.1, -0.05) is 23.9 Å². The number of carbonyl (C=O) groups excluding carboxylic acids is 1. The minimum Gasteiger partial charge on any atom is -0.385 e. The van der Waals surface area contributed by atoms with Crippen molar-refractivity contribution in [2.45, 2.75) is 18.1 Å². The normalized spacial score (nSPS) is 11.3. The number of ether oxygens (including phenoxy) is 1. The van der Waals surface area contributed by atoms with Crippen molar-refractivity contribution in [3.05, 3.63) is 64.5 Å². The van der Waals surface area contributed by atoms with E-state index in [1.54, 1.807) is 35.8 Å². The van der Waals surface area contributed by atoms with Crippen LogP contribution in [-0.4, -0.2) is 44.5 Å². The number of hydrogen-bond donors (Lipinski definition) is 1. The van der Waals surface area contributed by atoms with Crippen molar-refractivity contribution in [3.8, 4) is 0 Å².